The summed E-state index contributed by atoms with van der Waals surface area (Å²) in [6.45, 7) is 2.94. The Kier molecular flexibility index (Phi) is 4.62. The van der Waals surface area contributed by atoms with Gasteiger partial charge in [0.1, 0.15) is 6.54 Å². The average Bonchev–Trinajstić information content (AvgIpc) is 3.20. The number of carbonyl (C=O) groups is 3. The minimum atomic E-state index is -0.974. The lowest BCUT2D eigenvalue weighted by Crippen LogP contribution is -2.47. The van der Waals surface area contributed by atoms with Gasteiger partial charge in [-0.05, 0) is 31.6 Å². The molecule has 112 valence electrons. The quantitative estimate of drug-likeness (QED) is 0.799. The van der Waals surface area contributed by atoms with Gasteiger partial charge in [0.25, 0.3) is 0 Å². The van der Waals surface area contributed by atoms with E-state index in [1.807, 2.05) is 0 Å². The molecule has 1 N–H and O–H groups in total. The molecule has 0 aromatic carbocycles. The Balaban J connectivity index is 1.97. The number of carbonyl (C=O) groups excluding carboxylic acids is 2. The second-order valence-corrected chi connectivity index (χ2v) is 5.86. The summed E-state index contributed by atoms with van der Waals surface area (Å²) in [5, 5.41) is 8.95. The lowest BCUT2D eigenvalue weighted by atomic mass is 9.96. The van der Waals surface area contributed by atoms with Crippen molar-refractivity contribution < 1.29 is 19.5 Å². The number of aliphatic carboxylic acids is 1. The van der Waals surface area contributed by atoms with E-state index in [1.54, 1.807) is 4.90 Å². The Morgan fingerprint density at radius 1 is 1.25 bits per heavy atom. The van der Waals surface area contributed by atoms with Crippen LogP contribution >= 0.6 is 0 Å². The van der Waals surface area contributed by atoms with Crippen molar-refractivity contribution in [2.24, 2.45) is 11.8 Å². The predicted molar refractivity (Wildman–Crippen MR) is 71.9 cm³/mol. The molecule has 6 nitrogen and oxygen atoms in total. The maximum Gasteiger partial charge on any atom is 0.323 e. The maximum absolute atomic E-state index is 12.5. The Morgan fingerprint density at radius 3 is 2.50 bits per heavy atom. The number of piperidine rings is 1. The molecule has 0 aromatic rings. The normalized spacial score (nSPS) is 22.4. The number of rotatable bonds is 5. The van der Waals surface area contributed by atoms with Crippen LogP contribution in [-0.4, -0.2) is 58.9 Å². The molecular formula is C14H22N2O4. The summed E-state index contributed by atoms with van der Waals surface area (Å²) in [5.74, 6) is -0.880. The third-order valence-electron chi connectivity index (χ3n) is 4.03. The Bertz CT molecular complexity index is 406. The van der Waals surface area contributed by atoms with Gasteiger partial charge in [0.15, 0.2) is 0 Å². The van der Waals surface area contributed by atoms with Gasteiger partial charge in [-0.2, -0.15) is 0 Å². The molecule has 20 heavy (non-hydrogen) atoms. The monoisotopic (exact) mass is 282 g/mol. The van der Waals surface area contributed by atoms with E-state index in [-0.39, 0.29) is 24.3 Å². The second kappa shape index (κ2) is 6.24. The van der Waals surface area contributed by atoms with Gasteiger partial charge in [-0.1, -0.05) is 0 Å². The molecular weight excluding hydrogens is 260 g/mol. The van der Waals surface area contributed by atoms with Crippen LogP contribution in [0.1, 0.15) is 32.6 Å². The molecule has 1 saturated carbocycles. The zero-order valence-corrected chi connectivity index (χ0v) is 11.9. The zero-order chi connectivity index (χ0) is 14.7. The van der Waals surface area contributed by atoms with Crippen LogP contribution in [0.3, 0.4) is 0 Å². The van der Waals surface area contributed by atoms with Crippen LogP contribution in [0.4, 0.5) is 0 Å². The summed E-state index contributed by atoms with van der Waals surface area (Å²) >= 11 is 0. The molecule has 1 heterocycles. The SMILES string of the molecule is CC(=O)N1CCCC(C(=O)N(CC(=O)O)CC2CC2)C1. The van der Waals surface area contributed by atoms with Crippen molar-refractivity contribution in [2.45, 2.75) is 32.6 Å². The summed E-state index contributed by atoms with van der Waals surface area (Å²) in [4.78, 5) is 38.0. The number of carboxylic acid groups (broad SMARTS) is 1. The van der Waals surface area contributed by atoms with Crippen LogP contribution < -0.4 is 0 Å². The third-order valence-corrected chi connectivity index (χ3v) is 4.03. The summed E-state index contributed by atoms with van der Waals surface area (Å²) in [5.41, 5.74) is 0. The zero-order valence-electron chi connectivity index (χ0n) is 11.9. The number of hydrogen-bond donors (Lipinski definition) is 1. The lowest BCUT2D eigenvalue weighted by molar-refractivity contribution is -0.148. The van der Waals surface area contributed by atoms with E-state index < -0.39 is 5.97 Å². The van der Waals surface area contributed by atoms with E-state index in [4.69, 9.17) is 5.11 Å². The lowest BCUT2D eigenvalue weighted by Gasteiger charge is -2.34. The highest BCUT2D eigenvalue weighted by Crippen LogP contribution is 2.30. The Morgan fingerprint density at radius 2 is 1.95 bits per heavy atom. The molecule has 1 saturated heterocycles. The van der Waals surface area contributed by atoms with E-state index in [9.17, 15) is 14.4 Å². The molecule has 1 aliphatic heterocycles. The molecule has 6 heteroatoms. The van der Waals surface area contributed by atoms with Gasteiger partial charge in [-0.3, -0.25) is 14.4 Å². The fraction of sp³-hybridized carbons (Fsp3) is 0.786. The molecule has 0 bridgehead atoms. The van der Waals surface area contributed by atoms with Crippen LogP contribution in [0.2, 0.25) is 0 Å². The van der Waals surface area contributed by atoms with E-state index in [2.05, 4.69) is 0 Å². The minimum Gasteiger partial charge on any atom is -0.480 e. The maximum atomic E-state index is 12.5. The van der Waals surface area contributed by atoms with E-state index in [0.717, 1.165) is 25.7 Å². The molecule has 0 spiro atoms. The molecule has 2 amide bonds. The number of likely N-dealkylation sites (tertiary alicyclic amines) is 1. The molecule has 1 aliphatic carbocycles. The van der Waals surface area contributed by atoms with Crippen molar-refractivity contribution in [3.8, 4) is 0 Å². The van der Waals surface area contributed by atoms with Crippen LogP contribution in [0.5, 0.6) is 0 Å². The summed E-state index contributed by atoms with van der Waals surface area (Å²) < 4.78 is 0. The topological polar surface area (TPSA) is 77.9 Å². The molecule has 2 aliphatic rings. The van der Waals surface area contributed by atoms with Crippen molar-refractivity contribution in [3.63, 3.8) is 0 Å². The molecule has 1 unspecified atom stereocenters. The fourth-order valence-corrected chi connectivity index (χ4v) is 2.73. The molecule has 0 aromatic heterocycles. The van der Waals surface area contributed by atoms with Gasteiger partial charge in [0.2, 0.25) is 11.8 Å². The van der Waals surface area contributed by atoms with Crippen molar-refractivity contribution in [1.82, 2.24) is 9.80 Å². The molecule has 2 rings (SSSR count). The highest BCUT2D eigenvalue weighted by molar-refractivity contribution is 5.84. The Labute approximate surface area is 118 Å². The summed E-state index contributed by atoms with van der Waals surface area (Å²) in [7, 11) is 0. The first kappa shape index (κ1) is 14.8. The number of carboxylic acids is 1. The average molecular weight is 282 g/mol. The van der Waals surface area contributed by atoms with E-state index >= 15 is 0 Å². The predicted octanol–water partition coefficient (Wildman–Crippen LogP) is 0.568. The number of amides is 2. The first-order valence-corrected chi connectivity index (χ1v) is 7.23. The summed E-state index contributed by atoms with van der Waals surface area (Å²) in [6.07, 6.45) is 3.70. The largest absolute Gasteiger partial charge is 0.480 e. The van der Waals surface area contributed by atoms with Gasteiger partial charge in [-0.25, -0.2) is 0 Å². The van der Waals surface area contributed by atoms with Crippen molar-refractivity contribution >= 4 is 17.8 Å². The fourth-order valence-electron chi connectivity index (χ4n) is 2.73. The van der Waals surface area contributed by atoms with Gasteiger partial charge in [0.05, 0.1) is 5.92 Å². The highest BCUT2D eigenvalue weighted by Gasteiger charge is 2.34. The van der Waals surface area contributed by atoms with Gasteiger partial charge >= 0.3 is 5.97 Å². The van der Waals surface area contributed by atoms with Gasteiger partial charge in [-0.15, -0.1) is 0 Å². The summed E-state index contributed by atoms with van der Waals surface area (Å²) in [6, 6.07) is 0. The standard InChI is InChI=1S/C14H22N2O4/c1-10(17)15-6-2-3-12(8-15)14(20)16(9-13(18)19)7-11-4-5-11/h11-12H,2-9H2,1H3,(H,18,19). The first-order valence-electron chi connectivity index (χ1n) is 7.23. The first-order chi connectivity index (χ1) is 9.47. The molecule has 0 radical (unpaired) electrons. The van der Waals surface area contributed by atoms with Crippen LogP contribution in [0.15, 0.2) is 0 Å². The van der Waals surface area contributed by atoms with Crippen molar-refractivity contribution in [1.29, 1.82) is 0 Å². The van der Waals surface area contributed by atoms with Crippen LogP contribution in [-0.2, 0) is 14.4 Å². The Hall–Kier alpha value is -1.59. The smallest absolute Gasteiger partial charge is 0.323 e. The highest BCUT2D eigenvalue weighted by atomic mass is 16.4. The van der Waals surface area contributed by atoms with E-state index in [1.165, 1.54) is 11.8 Å². The second-order valence-electron chi connectivity index (χ2n) is 5.86. The number of nitrogens with zero attached hydrogens (tertiary/aromatic N) is 2. The van der Waals surface area contributed by atoms with Crippen LogP contribution in [0, 0.1) is 11.8 Å². The van der Waals surface area contributed by atoms with Gasteiger partial charge < -0.3 is 14.9 Å². The molecule has 2 fully saturated rings. The minimum absolute atomic E-state index is 0.0190. The van der Waals surface area contributed by atoms with E-state index in [0.29, 0.717) is 25.6 Å². The van der Waals surface area contributed by atoms with Crippen molar-refractivity contribution in [3.05, 3.63) is 0 Å². The van der Waals surface area contributed by atoms with Crippen LogP contribution in [0.25, 0.3) is 0 Å². The number of hydrogen-bond acceptors (Lipinski definition) is 3. The third kappa shape index (κ3) is 3.95. The van der Waals surface area contributed by atoms with Crippen molar-refractivity contribution in [2.75, 3.05) is 26.2 Å². The van der Waals surface area contributed by atoms with Gasteiger partial charge in [0, 0.05) is 26.6 Å². The molecule has 1 atom stereocenters.